The van der Waals surface area contributed by atoms with Gasteiger partial charge in [0.05, 0.1) is 0 Å². The van der Waals surface area contributed by atoms with Crippen molar-refractivity contribution < 1.29 is 0 Å². The van der Waals surface area contributed by atoms with Crippen molar-refractivity contribution in [3.8, 4) is 0 Å². The van der Waals surface area contributed by atoms with Crippen LogP contribution in [0.25, 0.3) is 0 Å². The summed E-state index contributed by atoms with van der Waals surface area (Å²) >= 11 is 0. The van der Waals surface area contributed by atoms with Gasteiger partial charge >= 0.3 is 81.3 Å². The van der Waals surface area contributed by atoms with Crippen molar-refractivity contribution in [1.29, 1.82) is 0 Å². The molecule has 0 unspecified atom stereocenters. The Kier molecular flexibility index (Phi) is 3.47. The van der Waals surface area contributed by atoms with Gasteiger partial charge < -0.3 is 0 Å². The molecule has 0 aliphatic carbocycles. The minimum absolute atomic E-state index is 1.07. The van der Waals surface area contributed by atoms with Crippen LogP contribution < -0.4 is 0 Å². The second kappa shape index (κ2) is 4.41. The number of benzene rings is 1. The van der Waals surface area contributed by atoms with E-state index in [0.717, 1.165) is 12.7 Å². The van der Waals surface area contributed by atoms with E-state index < -0.39 is 0 Å². The van der Waals surface area contributed by atoms with Gasteiger partial charge in [-0.3, -0.25) is 0 Å². The SMILES string of the molecule is C=BCCc1ccc(C)c(C)c1C. The van der Waals surface area contributed by atoms with Crippen LogP contribution in [0.2, 0.25) is 6.32 Å². The van der Waals surface area contributed by atoms with E-state index in [-0.39, 0.29) is 0 Å². The number of hydrogen-bond donors (Lipinski definition) is 0. The monoisotopic (exact) mass is 172 g/mol. The molecule has 0 spiro atoms. The van der Waals surface area contributed by atoms with E-state index in [1.807, 2.05) is 6.92 Å². The van der Waals surface area contributed by atoms with Crippen LogP contribution in [0.4, 0.5) is 0 Å². The zero-order valence-corrected chi connectivity index (χ0v) is 8.85. The standard InChI is InChI=1S/C12H17B/c1-9-5-6-12(7-8-13-4)11(3)10(9)2/h5-6H,4,7-8H2,1-3H3. The zero-order chi connectivity index (χ0) is 9.84. The molecule has 68 valence electrons. The molecule has 0 bridgehead atoms. The third-order valence-electron chi connectivity index (χ3n) is 2.79. The van der Waals surface area contributed by atoms with Gasteiger partial charge in [-0.1, -0.05) is 0 Å². The fourth-order valence-electron chi connectivity index (χ4n) is 1.54. The van der Waals surface area contributed by atoms with Gasteiger partial charge in [-0.25, -0.2) is 0 Å². The van der Waals surface area contributed by atoms with Gasteiger partial charge in [0.1, 0.15) is 0 Å². The third kappa shape index (κ3) is 2.30. The summed E-state index contributed by atoms with van der Waals surface area (Å²) in [5, 5.41) is 0. The predicted molar refractivity (Wildman–Crippen MR) is 62.0 cm³/mol. The molecular formula is C12H17B. The summed E-state index contributed by atoms with van der Waals surface area (Å²) in [6, 6.07) is 4.45. The molecule has 0 atom stereocenters. The topological polar surface area (TPSA) is 0 Å². The molecule has 13 heavy (non-hydrogen) atoms. The molecule has 0 fully saturated rings. The van der Waals surface area contributed by atoms with E-state index in [9.17, 15) is 0 Å². The molecule has 0 radical (unpaired) electrons. The molecule has 1 rings (SSSR count). The van der Waals surface area contributed by atoms with E-state index in [1.165, 1.54) is 22.3 Å². The normalized spacial score (nSPS) is 9.77. The summed E-state index contributed by atoms with van der Waals surface area (Å²) in [5.41, 5.74) is 5.73. The number of rotatable bonds is 3. The Hall–Kier alpha value is -0.845. The van der Waals surface area contributed by atoms with Crippen LogP contribution in [0.3, 0.4) is 0 Å². The van der Waals surface area contributed by atoms with Gasteiger partial charge in [-0.15, -0.1) is 0 Å². The third-order valence-corrected chi connectivity index (χ3v) is 2.79. The average molecular weight is 172 g/mol. The molecule has 1 aromatic rings. The van der Waals surface area contributed by atoms with E-state index in [1.54, 1.807) is 0 Å². The minimum atomic E-state index is 1.07. The van der Waals surface area contributed by atoms with Crippen molar-refractivity contribution >= 4 is 13.4 Å². The summed E-state index contributed by atoms with van der Waals surface area (Å²) in [7, 11) is 0. The first-order chi connectivity index (χ1) is 6.16. The molecule has 0 aromatic heterocycles. The van der Waals surface area contributed by atoms with Crippen LogP contribution in [0, 0.1) is 20.8 Å². The van der Waals surface area contributed by atoms with Gasteiger partial charge in [-0.2, -0.15) is 0 Å². The van der Waals surface area contributed by atoms with Gasteiger partial charge in [0, 0.05) is 0 Å². The molecule has 0 heterocycles. The molecule has 1 aromatic carbocycles. The summed E-state index contributed by atoms with van der Waals surface area (Å²) in [6.07, 6.45) is 2.19. The Bertz CT molecular complexity index is 313. The van der Waals surface area contributed by atoms with Crippen LogP contribution in [0.5, 0.6) is 0 Å². The van der Waals surface area contributed by atoms with E-state index in [4.69, 9.17) is 0 Å². The molecule has 0 amide bonds. The molecule has 0 saturated carbocycles. The maximum absolute atomic E-state index is 3.75. The second-order valence-electron chi connectivity index (χ2n) is 3.62. The van der Waals surface area contributed by atoms with Crippen LogP contribution in [0.15, 0.2) is 12.1 Å². The van der Waals surface area contributed by atoms with Crippen molar-refractivity contribution in [2.75, 3.05) is 0 Å². The summed E-state index contributed by atoms with van der Waals surface area (Å²) < 4.78 is 0. The van der Waals surface area contributed by atoms with E-state index in [2.05, 4.69) is 39.4 Å². The molecule has 0 nitrogen and oxygen atoms in total. The first-order valence-corrected chi connectivity index (χ1v) is 4.83. The fraction of sp³-hybridized carbons (Fsp3) is 0.417. The average Bonchev–Trinajstić information content (AvgIpc) is 2.13. The summed E-state index contributed by atoms with van der Waals surface area (Å²) in [5.74, 6) is 0. The van der Waals surface area contributed by atoms with Crippen molar-refractivity contribution in [1.82, 2.24) is 0 Å². The van der Waals surface area contributed by atoms with Crippen molar-refractivity contribution in [3.05, 3.63) is 34.4 Å². The number of hydrogen-bond acceptors (Lipinski definition) is 0. The Balaban J connectivity index is 2.96. The Labute approximate surface area is 81.9 Å². The molecule has 0 aliphatic rings. The Morgan fingerprint density at radius 3 is 2.46 bits per heavy atom. The van der Waals surface area contributed by atoms with Gasteiger partial charge in [0.15, 0.2) is 0 Å². The van der Waals surface area contributed by atoms with Crippen molar-refractivity contribution in [3.63, 3.8) is 0 Å². The fourth-order valence-corrected chi connectivity index (χ4v) is 1.54. The zero-order valence-electron chi connectivity index (χ0n) is 8.85. The molecule has 0 aliphatic heterocycles. The van der Waals surface area contributed by atoms with Crippen molar-refractivity contribution in [2.45, 2.75) is 33.5 Å². The first-order valence-electron chi connectivity index (χ1n) is 4.83. The van der Waals surface area contributed by atoms with Crippen LogP contribution in [-0.4, -0.2) is 13.4 Å². The Morgan fingerprint density at radius 2 is 1.85 bits per heavy atom. The molecule has 0 saturated heterocycles. The van der Waals surface area contributed by atoms with E-state index in [0.29, 0.717) is 0 Å². The van der Waals surface area contributed by atoms with Gasteiger partial charge in [0.25, 0.3) is 0 Å². The maximum atomic E-state index is 3.75. The molecule has 0 N–H and O–H groups in total. The number of aryl methyl sites for hydroxylation is 2. The first kappa shape index (κ1) is 10.2. The quantitative estimate of drug-likeness (QED) is 0.615. The van der Waals surface area contributed by atoms with Crippen LogP contribution in [0.1, 0.15) is 22.3 Å². The molecule has 1 heteroatoms. The second-order valence-corrected chi connectivity index (χ2v) is 3.62. The van der Waals surface area contributed by atoms with Gasteiger partial charge in [0.2, 0.25) is 0 Å². The predicted octanol–water partition coefficient (Wildman–Crippen LogP) is 2.71. The van der Waals surface area contributed by atoms with Crippen molar-refractivity contribution in [2.24, 2.45) is 0 Å². The van der Waals surface area contributed by atoms with E-state index >= 15 is 0 Å². The summed E-state index contributed by atoms with van der Waals surface area (Å²) in [4.78, 5) is 0. The van der Waals surface area contributed by atoms with Crippen LogP contribution in [-0.2, 0) is 6.42 Å². The molecular weight excluding hydrogens is 155 g/mol. The van der Waals surface area contributed by atoms with Crippen LogP contribution >= 0.6 is 0 Å². The Morgan fingerprint density at radius 1 is 1.15 bits per heavy atom. The van der Waals surface area contributed by atoms with Gasteiger partial charge in [-0.05, 0) is 0 Å². The summed E-state index contributed by atoms with van der Waals surface area (Å²) in [6.45, 7) is 12.3.